The summed E-state index contributed by atoms with van der Waals surface area (Å²) in [5, 5.41) is 23.6. The zero-order valence-electron chi connectivity index (χ0n) is 21.0. The molecule has 1 saturated heterocycles. The van der Waals surface area contributed by atoms with Crippen molar-refractivity contribution in [2.75, 3.05) is 23.3 Å². The fourth-order valence-electron chi connectivity index (χ4n) is 4.84. The molecule has 2 aromatic carbocycles. The molecule has 1 aliphatic heterocycles. The lowest BCUT2D eigenvalue weighted by molar-refractivity contribution is 0.476. The van der Waals surface area contributed by atoms with Crippen LogP contribution in [0.25, 0.3) is 22.2 Å². The molecule has 0 atom stereocenters. The Hall–Kier alpha value is -4.18. The van der Waals surface area contributed by atoms with Gasteiger partial charge in [0.2, 0.25) is 11.9 Å². The Bertz CT molecular complexity index is 1560. The van der Waals surface area contributed by atoms with Gasteiger partial charge in [0.25, 0.3) is 0 Å². The second-order valence-corrected chi connectivity index (χ2v) is 9.96. The highest BCUT2D eigenvalue weighted by atomic mass is 16.3. The number of phenols is 1. The summed E-state index contributed by atoms with van der Waals surface area (Å²) in [6.07, 6.45) is 5.67. The number of benzene rings is 2. The van der Waals surface area contributed by atoms with E-state index in [-0.39, 0.29) is 17.7 Å². The Morgan fingerprint density at radius 2 is 1.92 bits per heavy atom. The van der Waals surface area contributed by atoms with Crippen LogP contribution >= 0.6 is 0 Å². The van der Waals surface area contributed by atoms with Crippen molar-refractivity contribution in [1.82, 2.24) is 29.4 Å². The fraction of sp³-hybridized carbons (Fsp3) is 0.333. The van der Waals surface area contributed by atoms with E-state index in [0.717, 1.165) is 59.3 Å². The number of nitrogens with zero attached hydrogens (tertiary/aromatic N) is 7. The number of aromatic hydroxyl groups is 1. The van der Waals surface area contributed by atoms with E-state index < -0.39 is 0 Å². The molecule has 0 spiro atoms. The Labute approximate surface area is 214 Å². The van der Waals surface area contributed by atoms with Crippen LogP contribution in [0.2, 0.25) is 0 Å². The quantitative estimate of drug-likeness (QED) is 0.324. The standard InChI is InChI=1S/C27H31N9O/c1-17(2)22-15-30-36-25(22)31-27(34-11-9-20(28)10-12-34)32-26(36)29-14-18-5-3-4-6-24(18)35-16-19-13-21(37)7-8-23(19)33-35/h3-8,13,15-17,20,37H,9-12,14,28H2,1-2H3,(H,29,31,32). The van der Waals surface area contributed by atoms with Gasteiger partial charge in [-0.15, -0.1) is 0 Å². The zero-order chi connectivity index (χ0) is 25.5. The van der Waals surface area contributed by atoms with Crippen molar-refractivity contribution in [3.63, 3.8) is 0 Å². The molecule has 4 N–H and O–H groups in total. The maximum absolute atomic E-state index is 9.85. The van der Waals surface area contributed by atoms with Crippen LogP contribution < -0.4 is 16.0 Å². The van der Waals surface area contributed by atoms with E-state index in [4.69, 9.17) is 20.8 Å². The summed E-state index contributed by atoms with van der Waals surface area (Å²) in [5.74, 6) is 1.86. The van der Waals surface area contributed by atoms with Gasteiger partial charge in [-0.3, -0.25) is 0 Å². The first kappa shape index (κ1) is 23.2. The van der Waals surface area contributed by atoms with Gasteiger partial charge in [0.1, 0.15) is 5.75 Å². The zero-order valence-corrected chi connectivity index (χ0v) is 21.0. The van der Waals surface area contributed by atoms with E-state index in [1.54, 1.807) is 16.6 Å². The Kier molecular flexibility index (Phi) is 5.88. The molecular formula is C27H31N9O. The first-order chi connectivity index (χ1) is 18.0. The first-order valence-electron chi connectivity index (χ1n) is 12.7. The number of para-hydroxylation sites is 1. The summed E-state index contributed by atoms with van der Waals surface area (Å²) in [6, 6.07) is 13.5. The SMILES string of the molecule is CC(C)c1cnn2c(NCc3ccccc3-n3cc4cc(O)ccc4n3)nc(N3CCC(N)CC3)nc12. The van der Waals surface area contributed by atoms with E-state index in [1.165, 1.54) is 0 Å². The molecule has 0 saturated carbocycles. The van der Waals surface area contributed by atoms with Crippen molar-refractivity contribution >= 4 is 28.4 Å². The summed E-state index contributed by atoms with van der Waals surface area (Å²) >= 11 is 0. The van der Waals surface area contributed by atoms with Crippen LogP contribution in [0, 0.1) is 0 Å². The van der Waals surface area contributed by atoms with Crippen LogP contribution in [0.1, 0.15) is 43.7 Å². The van der Waals surface area contributed by atoms with Crippen molar-refractivity contribution in [2.45, 2.75) is 45.2 Å². The van der Waals surface area contributed by atoms with E-state index in [1.807, 2.05) is 41.3 Å². The molecule has 3 aromatic heterocycles. The largest absolute Gasteiger partial charge is 0.508 e. The van der Waals surface area contributed by atoms with Gasteiger partial charge in [-0.2, -0.15) is 24.7 Å². The molecule has 1 fully saturated rings. The molecule has 0 radical (unpaired) electrons. The summed E-state index contributed by atoms with van der Waals surface area (Å²) in [4.78, 5) is 12.0. The van der Waals surface area contributed by atoms with Gasteiger partial charge in [0.05, 0.1) is 17.4 Å². The van der Waals surface area contributed by atoms with E-state index in [9.17, 15) is 5.11 Å². The number of piperidine rings is 1. The monoisotopic (exact) mass is 497 g/mol. The second kappa shape index (κ2) is 9.36. The topological polar surface area (TPSA) is 122 Å². The lowest BCUT2D eigenvalue weighted by Gasteiger charge is -2.30. The molecule has 190 valence electrons. The fourth-order valence-corrected chi connectivity index (χ4v) is 4.84. The van der Waals surface area contributed by atoms with E-state index in [0.29, 0.717) is 18.4 Å². The van der Waals surface area contributed by atoms with Crippen molar-refractivity contribution < 1.29 is 5.11 Å². The summed E-state index contributed by atoms with van der Waals surface area (Å²) in [7, 11) is 0. The Morgan fingerprint density at radius 3 is 2.73 bits per heavy atom. The molecule has 10 nitrogen and oxygen atoms in total. The van der Waals surface area contributed by atoms with Gasteiger partial charge in [-0.05, 0) is 48.6 Å². The van der Waals surface area contributed by atoms with Gasteiger partial charge >= 0.3 is 0 Å². The molecule has 5 aromatic rings. The minimum atomic E-state index is 0.223. The van der Waals surface area contributed by atoms with Crippen LogP contribution in [0.5, 0.6) is 5.75 Å². The first-order valence-corrected chi connectivity index (χ1v) is 12.7. The van der Waals surface area contributed by atoms with Gasteiger partial charge in [-0.25, -0.2) is 4.68 Å². The van der Waals surface area contributed by atoms with Gasteiger partial charge in [-0.1, -0.05) is 32.0 Å². The van der Waals surface area contributed by atoms with Crippen molar-refractivity contribution in [1.29, 1.82) is 0 Å². The number of nitrogens with one attached hydrogen (secondary N) is 1. The minimum Gasteiger partial charge on any atom is -0.508 e. The van der Waals surface area contributed by atoms with Gasteiger partial charge in [0.15, 0.2) is 5.65 Å². The number of nitrogens with two attached hydrogens (primary N) is 1. The van der Waals surface area contributed by atoms with Crippen molar-refractivity contribution in [3.8, 4) is 11.4 Å². The van der Waals surface area contributed by atoms with Crippen LogP contribution in [0.3, 0.4) is 0 Å². The summed E-state index contributed by atoms with van der Waals surface area (Å²) in [6.45, 7) is 6.50. The van der Waals surface area contributed by atoms with Crippen LogP contribution in [-0.2, 0) is 6.54 Å². The lowest BCUT2D eigenvalue weighted by Crippen LogP contribution is -2.40. The summed E-state index contributed by atoms with van der Waals surface area (Å²) in [5.41, 5.74) is 10.9. The van der Waals surface area contributed by atoms with Crippen molar-refractivity contribution in [2.24, 2.45) is 5.73 Å². The molecule has 4 heterocycles. The molecule has 6 rings (SSSR count). The van der Waals surface area contributed by atoms with E-state index >= 15 is 0 Å². The van der Waals surface area contributed by atoms with Crippen molar-refractivity contribution in [3.05, 3.63) is 66.0 Å². The maximum Gasteiger partial charge on any atom is 0.230 e. The van der Waals surface area contributed by atoms with Crippen LogP contribution in [0.4, 0.5) is 11.9 Å². The smallest absolute Gasteiger partial charge is 0.230 e. The third-order valence-electron chi connectivity index (χ3n) is 6.99. The van der Waals surface area contributed by atoms with Crippen LogP contribution in [0.15, 0.2) is 54.9 Å². The normalized spacial score (nSPS) is 14.8. The third kappa shape index (κ3) is 4.44. The number of rotatable bonds is 6. The number of anilines is 2. The number of aromatic nitrogens is 6. The highest BCUT2D eigenvalue weighted by Crippen LogP contribution is 2.26. The molecule has 0 unspecified atom stereocenters. The number of hydrogen-bond donors (Lipinski definition) is 3. The highest BCUT2D eigenvalue weighted by molar-refractivity contribution is 5.80. The number of fused-ring (bicyclic) bond motifs is 2. The third-order valence-corrected chi connectivity index (χ3v) is 6.99. The predicted molar refractivity (Wildman–Crippen MR) is 144 cm³/mol. The number of hydrogen-bond acceptors (Lipinski definition) is 8. The average Bonchev–Trinajstić information content (AvgIpc) is 3.52. The lowest BCUT2D eigenvalue weighted by atomic mass is 10.1. The number of phenolic OH excluding ortho intramolecular Hbond substituents is 1. The van der Waals surface area contributed by atoms with Gasteiger partial charge in [0, 0.05) is 42.8 Å². The Balaban J connectivity index is 1.35. The van der Waals surface area contributed by atoms with Crippen LogP contribution in [-0.4, -0.2) is 53.6 Å². The molecule has 37 heavy (non-hydrogen) atoms. The summed E-state index contributed by atoms with van der Waals surface area (Å²) < 4.78 is 3.64. The Morgan fingerprint density at radius 1 is 1.11 bits per heavy atom. The maximum atomic E-state index is 9.85. The van der Waals surface area contributed by atoms with Gasteiger partial charge < -0.3 is 21.1 Å². The molecule has 10 heteroatoms. The molecule has 0 aliphatic carbocycles. The van der Waals surface area contributed by atoms with E-state index in [2.05, 4.69) is 35.2 Å². The molecule has 0 amide bonds. The minimum absolute atomic E-state index is 0.223. The molecular weight excluding hydrogens is 466 g/mol. The molecule has 0 bridgehead atoms. The highest BCUT2D eigenvalue weighted by Gasteiger charge is 2.22. The molecule has 1 aliphatic rings. The average molecular weight is 498 g/mol. The second-order valence-electron chi connectivity index (χ2n) is 9.96. The predicted octanol–water partition coefficient (Wildman–Crippen LogP) is 3.83.